The first-order valence-electron chi connectivity index (χ1n) is 6.41. The fourth-order valence-electron chi connectivity index (χ4n) is 2.07. The molecule has 94 valence electrons. The quantitative estimate of drug-likeness (QED) is 0.789. The molecular formula is C13H22N4. The highest BCUT2D eigenvalue weighted by molar-refractivity contribution is 5.61. The summed E-state index contributed by atoms with van der Waals surface area (Å²) in [5, 5.41) is 3.32. The van der Waals surface area contributed by atoms with E-state index in [0.717, 1.165) is 42.9 Å². The van der Waals surface area contributed by atoms with E-state index in [4.69, 9.17) is 5.73 Å². The molecule has 0 aromatic carbocycles. The second-order valence-corrected chi connectivity index (χ2v) is 4.68. The zero-order valence-corrected chi connectivity index (χ0v) is 10.7. The van der Waals surface area contributed by atoms with Gasteiger partial charge in [-0.05, 0) is 38.4 Å². The van der Waals surface area contributed by atoms with Crippen molar-refractivity contribution in [1.29, 1.82) is 0 Å². The summed E-state index contributed by atoms with van der Waals surface area (Å²) in [6.45, 7) is 7.30. The lowest BCUT2D eigenvalue weighted by Gasteiger charge is -2.20. The summed E-state index contributed by atoms with van der Waals surface area (Å²) in [6, 6.07) is 4.66. The van der Waals surface area contributed by atoms with Gasteiger partial charge in [-0.25, -0.2) is 4.98 Å². The van der Waals surface area contributed by atoms with Crippen LogP contribution in [0.15, 0.2) is 12.1 Å². The van der Waals surface area contributed by atoms with Gasteiger partial charge in [0, 0.05) is 24.8 Å². The van der Waals surface area contributed by atoms with E-state index in [1.807, 2.05) is 19.1 Å². The van der Waals surface area contributed by atoms with Gasteiger partial charge in [0.15, 0.2) is 0 Å². The molecular weight excluding hydrogens is 212 g/mol. The van der Waals surface area contributed by atoms with Gasteiger partial charge in [-0.2, -0.15) is 0 Å². The SMILES string of the molecule is CCN(CCNc1nc(C)ccc1N)C1CC1. The molecule has 0 spiro atoms. The highest BCUT2D eigenvalue weighted by Gasteiger charge is 2.27. The Bertz CT molecular complexity index is 374. The average molecular weight is 234 g/mol. The first kappa shape index (κ1) is 12.2. The molecule has 1 saturated carbocycles. The van der Waals surface area contributed by atoms with E-state index in [-0.39, 0.29) is 0 Å². The van der Waals surface area contributed by atoms with E-state index in [9.17, 15) is 0 Å². The van der Waals surface area contributed by atoms with Gasteiger partial charge < -0.3 is 11.1 Å². The molecule has 1 aliphatic carbocycles. The number of nitrogens with one attached hydrogen (secondary N) is 1. The summed E-state index contributed by atoms with van der Waals surface area (Å²) < 4.78 is 0. The molecule has 1 aliphatic rings. The topological polar surface area (TPSA) is 54.2 Å². The molecule has 1 aromatic heterocycles. The Morgan fingerprint density at radius 2 is 2.24 bits per heavy atom. The third kappa shape index (κ3) is 3.33. The second kappa shape index (κ2) is 5.36. The zero-order chi connectivity index (χ0) is 12.3. The van der Waals surface area contributed by atoms with Crippen LogP contribution < -0.4 is 11.1 Å². The zero-order valence-electron chi connectivity index (χ0n) is 10.7. The number of nitrogen functional groups attached to an aromatic ring is 1. The number of anilines is 2. The molecule has 1 aromatic rings. The van der Waals surface area contributed by atoms with Crippen LogP contribution in [-0.4, -0.2) is 35.6 Å². The van der Waals surface area contributed by atoms with Gasteiger partial charge >= 0.3 is 0 Å². The van der Waals surface area contributed by atoms with E-state index >= 15 is 0 Å². The molecule has 0 amide bonds. The van der Waals surface area contributed by atoms with Crippen LogP contribution in [0.2, 0.25) is 0 Å². The predicted molar refractivity (Wildman–Crippen MR) is 72.1 cm³/mol. The standard InChI is InChI=1S/C13H22N4/c1-3-17(11-5-6-11)9-8-15-13-12(14)7-4-10(2)16-13/h4,7,11H,3,5-6,8-9,14H2,1-2H3,(H,15,16). The molecule has 17 heavy (non-hydrogen) atoms. The second-order valence-electron chi connectivity index (χ2n) is 4.68. The van der Waals surface area contributed by atoms with E-state index < -0.39 is 0 Å². The number of aromatic nitrogens is 1. The molecule has 0 atom stereocenters. The Kier molecular flexibility index (Phi) is 3.84. The van der Waals surface area contributed by atoms with Crippen molar-refractivity contribution in [1.82, 2.24) is 9.88 Å². The molecule has 0 bridgehead atoms. The molecule has 1 fully saturated rings. The van der Waals surface area contributed by atoms with E-state index in [1.54, 1.807) is 0 Å². The van der Waals surface area contributed by atoms with Crippen LogP contribution in [0.3, 0.4) is 0 Å². The van der Waals surface area contributed by atoms with Gasteiger partial charge in [0.25, 0.3) is 0 Å². The fourth-order valence-corrected chi connectivity index (χ4v) is 2.07. The maximum Gasteiger partial charge on any atom is 0.149 e. The van der Waals surface area contributed by atoms with Gasteiger partial charge in [0.05, 0.1) is 5.69 Å². The van der Waals surface area contributed by atoms with Crippen molar-refractivity contribution in [3.8, 4) is 0 Å². The number of hydrogen-bond acceptors (Lipinski definition) is 4. The van der Waals surface area contributed by atoms with Crippen molar-refractivity contribution in [2.75, 3.05) is 30.7 Å². The first-order chi connectivity index (χ1) is 8.20. The van der Waals surface area contributed by atoms with E-state index in [0.29, 0.717) is 0 Å². The van der Waals surface area contributed by atoms with Crippen LogP contribution >= 0.6 is 0 Å². The minimum atomic E-state index is 0.727. The Labute approximate surface area is 103 Å². The van der Waals surface area contributed by atoms with Crippen molar-refractivity contribution in [2.24, 2.45) is 0 Å². The molecule has 3 N–H and O–H groups in total. The Morgan fingerprint density at radius 1 is 1.47 bits per heavy atom. The largest absolute Gasteiger partial charge is 0.396 e. The van der Waals surface area contributed by atoms with Crippen molar-refractivity contribution in [3.63, 3.8) is 0 Å². The highest BCUT2D eigenvalue weighted by Crippen LogP contribution is 2.26. The van der Waals surface area contributed by atoms with Gasteiger partial charge in [-0.1, -0.05) is 6.92 Å². The maximum atomic E-state index is 5.87. The minimum Gasteiger partial charge on any atom is -0.396 e. The number of nitrogens with two attached hydrogens (primary N) is 1. The molecule has 0 unspecified atom stereocenters. The van der Waals surface area contributed by atoms with Gasteiger partial charge in [-0.15, -0.1) is 0 Å². The number of aryl methyl sites for hydroxylation is 1. The van der Waals surface area contributed by atoms with Crippen LogP contribution in [0.25, 0.3) is 0 Å². The molecule has 0 saturated heterocycles. The summed E-state index contributed by atoms with van der Waals surface area (Å²) in [5.41, 5.74) is 7.60. The van der Waals surface area contributed by atoms with Crippen LogP contribution in [-0.2, 0) is 0 Å². The van der Waals surface area contributed by atoms with Crippen LogP contribution in [0.1, 0.15) is 25.5 Å². The number of likely N-dealkylation sites (N-methyl/N-ethyl adjacent to an activating group) is 1. The third-order valence-corrected chi connectivity index (χ3v) is 3.23. The molecule has 1 heterocycles. The van der Waals surface area contributed by atoms with Crippen molar-refractivity contribution >= 4 is 11.5 Å². The number of hydrogen-bond donors (Lipinski definition) is 2. The van der Waals surface area contributed by atoms with Crippen molar-refractivity contribution in [3.05, 3.63) is 17.8 Å². The average Bonchev–Trinajstić information content (AvgIpc) is 3.13. The molecule has 4 heteroatoms. The molecule has 0 aliphatic heterocycles. The summed E-state index contributed by atoms with van der Waals surface area (Å²) in [4.78, 5) is 6.91. The summed E-state index contributed by atoms with van der Waals surface area (Å²) in [5.74, 6) is 0.817. The third-order valence-electron chi connectivity index (χ3n) is 3.23. The van der Waals surface area contributed by atoms with Crippen LogP contribution in [0.5, 0.6) is 0 Å². The summed E-state index contributed by atoms with van der Waals surface area (Å²) in [6.07, 6.45) is 2.72. The fraction of sp³-hybridized carbons (Fsp3) is 0.615. The smallest absolute Gasteiger partial charge is 0.149 e. The highest BCUT2D eigenvalue weighted by atomic mass is 15.2. The minimum absolute atomic E-state index is 0.727. The Morgan fingerprint density at radius 3 is 2.88 bits per heavy atom. The molecule has 4 nitrogen and oxygen atoms in total. The number of nitrogens with zero attached hydrogens (tertiary/aromatic N) is 2. The van der Waals surface area contributed by atoms with E-state index in [2.05, 4.69) is 22.1 Å². The van der Waals surface area contributed by atoms with Crippen molar-refractivity contribution in [2.45, 2.75) is 32.7 Å². The normalized spacial score (nSPS) is 15.2. The number of pyridine rings is 1. The summed E-state index contributed by atoms with van der Waals surface area (Å²) in [7, 11) is 0. The maximum absolute atomic E-state index is 5.87. The lowest BCUT2D eigenvalue weighted by atomic mass is 10.3. The lowest BCUT2D eigenvalue weighted by molar-refractivity contribution is 0.289. The predicted octanol–water partition coefficient (Wildman–Crippen LogP) is 1.87. The van der Waals surface area contributed by atoms with Crippen LogP contribution in [0, 0.1) is 6.92 Å². The lowest BCUT2D eigenvalue weighted by Crippen LogP contribution is -2.31. The first-order valence-corrected chi connectivity index (χ1v) is 6.41. The van der Waals surface area contributed by atoms with Gasteiger partial charge in [0.1, 0.15) is 5.82 Å². The Hall–Kier alpha value is -1.29. The monoisotopic (exact) mass is 234 g/mol. The molecule has 2 rings (SSSR count). The summed E-state index contributed by atoms with van der Waals surface area (Å²) >= 11 is 0. The van der Waals surface area contributed by atoms with Gasteiger partial charge in [-0.3, -0.25) is 4.90 Å². The van der Waals surface area contributed by atoms with Crippen molar-refractivity contribution < 1.29 is 0 Å². The van der Waals surface area contributed by atoms with E-state index in [1.165, 1.54) is 12.8 Å². The van der Waals surface area contributed by atoms with Gasteiger partial charge in [0.2, 0.25) is 0 Å². The number of rotatable bonds is 6. The van der Waals surface area contributed by atoms with Crippen LogP contribution in [0.4, 0.5) is 11.5 Å². The molecule has 0 radical (unpaired) electrons. The Balaban J connectivity index is 1.82.